The number of aromatic carboxylic acids is 1. The minimum absolute atomic E-state index is 0.213. The molecule has 0 aliphatic rings. The summed E-state index contributed by atoms with van der Waals surface area (Å²) < 4.78 is 2.11. The molecule has 2 aromatic rings. The van der Waals surface area contributed by atoms with E-state index in [4.69, 9.17) is 5.11 Å². The van der Waals surface area contributed by atoms with Crippen LogP contribution in [0.2, 0.25) is 0 Å². The number of nitrogens with zero attached hydrogens (tertiary/aromatic N) is 2. The van der Waals surface area contributed by atoms with Gasteiger partial charge in [-0.1, -0.05) is 19.9 Å². The highest BCUT2D eigenvalue weighted by Crippen LogP contribution is 2.25. The van der Waals surface area contributed by atoms with Crippen molar-refractivity contribution < 1.29 is 15.0 Å². The number of aliphatic hydroxyl groups excluding tert-OH is 1. The standard InChI is InChI=1S/C16H22N2O3/c1-11(2)15-17-14-12(16(20)21)7-6-8-13(14)18(15)9-4-3-5-10-19/h6-8,11,19H,3-5,9-10H2,1-2H3,(H,20,21). The Kier molecular flexibility index (Phi) is 4.96. The summed E-state index contributed by atoms with van der Waals surface area (Å²) in [6, 6.07) is 5.28. The molecule has 0 radical (unpaired) electrons. The molecule has 0 unspecified atom stereocenters. The van der Waals surface area contributed by atoms with Gasteiger partial charge in [0.15, 0.2) is 0 Å². The maximum Gasteiger partial charge on any atom is 0.337 e. The Balaban J connectivity index is 2.43. The fourth-order valence-electron chi connectivity index (χ4n) is 2.57. The highest BCUT2D eigenvalue weighted by molar-refractivity contribution is 6.01. The van der Waals surface area contributed by atoms with Gasteiger partial charge in [-0.2, -0.15) is 0 Å². The van der Waals surface area contributed by atoms with Crippen LogP contribution in [0.15, 0.2) is 18.2 Å². The zero-order chi connectivity index (χ0) is 15.4. The van der Waals surface area contributed by atoms with Gasteiger partial charge in [0.25, 0.3) is 0 Å². The van der Waals surface area contributed by atoms with E-state index in [0.29, 0.717) is 5.52 Å². The van der Waals surface area contributed by atoms with Gasteiger partial charge >= 0.3 is 5.97 Å². The van der Waals surface area contributed by atoms with Crippen molar-refractivity contribution in [2.24, 2.45) is 0 Å². The number of aliphatic hydroxyl groups is 1. The molecule has 0 fully saturated rings. The maximum atomic E-state index is 11.3. The van der Waals surface area contributed by atoms with Crippen molar-refractivity contribution >= 4 is 17.0 Å². The van der Waals surface area contributed by atoms with E-state index in [0.717, 1.165) is 37.1 Å². The van der Waals surface area contributed by atoms with Gasteiger partial charge in [-0.3, -0.25) is 0 Å². The minimum atomic E-state index is -0.944. The second-order valence-corrected chi connectivity index (χ2v) is 5.54. The number of carboxylic acid groups (broad SMARTS) is 1. The Labute approximate surface area is 124 Å². The number of aryl methyl sites for hydroxylation is 1. The smallest absolute Gasteiger partial charge is 0.337 e. The average molecular weight is 290 g/mol. The summed E-state index contributed by atoms with van der Waals surface area (Å²) in [4.78, 5) is 15.9. The highest BCUT2D eigenvalue weighted by Gasteiger charge is 2.18. The van der Waals surface area contributed by atoms with Crippen molar-refractivity contribution in [2.45, 2.75) is 45.6 Å². The molecule has 1 heterocycles. The summed E-state index contributed by atoms with van der Waals surface area (Å²) in [5.74, 6) is 0.209. The van der Waals surface area contributed by atoms with E-state index in [1.54, 1.807) is 12.1 Å². The van der Waals surface area contributed by atoms with E-state index in [-0.39, 0.29) is 18.1 Å². The average Bonchev–Trinajstić information content (AvgIpc) is 2.82. The molecule has 0 atom stereocenters. The van der Waals surface area contributed by atoms with Crippen molar-refractivity contribution in [3.8, 4) is 0 Å². The van der Waals surface area contributed by atoms with Crippen LogP contribution in [0.4, 0.5) is 0 Å². The van der Waals surface area contributed by atoms with Gasteiger partial charge in [0.05, 0.1) is 11.1 Å². The fraction of sp³-hybridized carbons (Fsp3) is 0.500. The number of hydrogen-bond donors (Lipinski definition) is 2. The lowest BCUT2D eigenvalue weighted by Gasteiger charge is -2.11. The quantitative estimate of drug-likeness (QED) is 0.769. The molecule has 1 aromatic heterocycles. The molecule has 5 nitrogen and oxygen atoms in total. The van der Waals surface area contributed by atoms with Crippen LogP contribution in [0.25, 0.3) is 11.0 Å². The Morgan fingerprint density at radius 3 is 2.67 bits per heavy atom. The van der Waals surface area contributed by atoms with Crippen LogP contribution < -0.4 is 0 Å². The molecule has 5 heteroatoms. The molecule has 114 valence electrons. The normalized spacial score (nSPS) is 11.4. The second kappa shape index (κ2) is 6.72. The third-order valence-electron chi connectivity index (χ3n) is 3.60. The molecule has 0 spiro atoms. The molecular weight excluding hydrogens is 268 g/mol. The SMILES string of the molecule is CC(C)c1nc2c(C(=O)O)cccc2n1CCCCCO. The number of unbranched alkanes of at least 4 members (excludes halogenated alkanes) is 2. The van der Waals surface area contributed by atoms with E-state index in [2.05, 4.69) is 23.4 Å². The third kappa shape index (κ3) is 3.24. The summed E-state index contributed by atoms with van der Waals surface area (Å²) in [6.07, 6.45) is 2.69. The van der Waals surface area contributed by atoms with Crippen molar-refractivity contribution in [2.75, 3.05) is 6.61 Å². The minimum Gasteiger partial charge on any atom is -0.478 e. The van der Waals surface area contributed by atoms with Crippen LogP contribution >= 0.6 is 0 Å². The number of para-hydroxylation sites is 1. The number of hydrogen-bond acceptors (Lipinski definition) is 3. The molecule has 21 heavy (non-hydrogen) atoms. The molecule has 0 aliphatic heterocycles. The van der Waals surface area contributed by atoms with Crippen molar-refractivity contribution in [1.82, 2.24) is 9.55 Å². The lowest BCUT2D eigenvalue weighted by molar-refractivity contribution is 0.0699. The van der Waals surface area contributed by atoms with Gasteiger partial charge in [0.2, 0.25) is 0 Å². The lowest BCUT2D eigenvalue weighted by atomic mass is 10.2. The van der Waals surface area contributed by atoms with Crippen molar-refractivity contribution in [1.29, 1.82) is 0 Å². The predicted octanol–water partition coefficient (Wildman–Crippen LogP) is 3.02. The zero-order valence-corrected chi connectivity index (χ0v) is 12.5. The summed E-state index contributed by atoms with van der Waals surface area (Å²) in [6.45, 7) is 5.13. The van der Waals surface area contributed by atoms with Crippen LogP contribution in [0.5, 0.6) is 0 Å². The summed E-state index contributed by atoms with van der Waals surface area (Å²) >= 11 is 0. The first-order valence-corrected chi connectivity index (χ1v) is 7.39. The molecule has 0 saturated carbocycles. The molecule has 0 bridgehead atoms. The lowest BCUT2D eigenvalue weighted by Crippen LogP contribution is -2.06. The Morgan fingerprint density at radius 1 is 1.29 bits per heavy atom. The molecule has 2 N–H and O–H groups in total. The van der Waals surface area contributed by atoms with Gasteiger partial charge in [-0.25, -0.2) is 9.78 Å². The monoisotopic (exact) mass is 290 g/mol. The largest absolute Gasteiger partial charge is 0.478 e. The van der Waals surface area contributed by atoms with E-state index in [1.807, 2.05) is 6.07 Å². The van der Waals surface area contributed by atoms with E-state index < -0.39 is 5.97 Å². The van der Waals surface area contributed by atoms with Gasteiger partial charge in [-0.05, 0) is 31.4 Å². The van der Waals surface area contributed by atoms with E-state index in [1.165, 1.54) is 0 Å². The fourth-order valence-corrected chi connectivity index (χ4v) is 2.57. The summed E-state index contributed by atoms with van der Waals surface area (Å²) in [7, 11) is 0. The molecule has 2 rings (SSSR count). The number of carbonyl (C=O) groups is 1. The van der Waals surface area contributed by atoms with Crippen molar-refractivity contribution in [3.05, 3.63) is 29.6 Å². The maximum absolute atomic E-state index is 11.3. The first-order chi connectivity index (χ1) is 10.1. The van der Waals surface area contributed by atoms with Crippen LogP contribution in [0.1, 0.15) is 55.2 Å². The van der Waals surface area contributed by atoms with Crippen LogP contribution in [0, 0.1) is 0 Å². The van der Waals surface area contributed by atoms with Crippen LogP contribution in [-0.2, 0) is 6.54 Å². The third-order valence-corrected chi connectivity index (χ3v) is 3.60. The van der Waals surface area contributed by atoms with Gasteiger partial charge < -0.3 is 14.8 Å². The number of carboxylic acids is 1. The predicted molar refractivity (Wildman–Crippen MR) is 81.7 cm³/mol. The number of aromatic nitrogens is 2. The Bertz CT molecular complexity index is 632. The Morgan fingerprint density at radius 2 is 2.05 bits per heavy atom. The molecule has 0 aliphatic carbocycles. The number of fused-ring (bicyclic) bond motifs is 1. The molecular formula is C16H22N2O3. The molecule has 0 amide bonds. The molecule has 0 saturated heterocycles. The summed E-state index contributed by atoms with van der Waals surface area (Å²) in [5, 5.41) is 18.1. The number of benzene rings is 1. The van der Waals surface area contributed by atoms with Crippen LogP contribution in [-0.4, -0.2) is 32.3 Å². The Hall–Kier alpha value is -1.88. The van der Waals surface area contributed by atoms with Gasteiger partial charge in [-0.15, -0.1) is 0 Å². The first-order valence-electron chi connectivity index (χ1n) is 7.39. The number of rotatable bonds is 7. The first kappa shape index (κ1) is 15.5. The topological polar surface area (TPSA) is 75.3 Å². The number of imidazole rings is 1. The van der Waals surface area contributed by atoms with Gasteiger partial charge in [0, 0.05) is 19.1 Å². The zero-order valence-electron chi connectivity index (χ0n) is 12.5. The van der Waals surface area contributed by atoms with Gasteiger partial charge in [0.1, 0.15) is 11.3 Å². The van der Waals surface area contributed by atoms with Crippen LogP contribution in [0.3, 0.4) is 0 Å². The van der Waals surface area contributed by atoms with E-state index >= 15 is 0 Å². The van der Waals surface area contributed by atoms with Crippen molar-refractivity contribution in [3.63, 3.8) is 0 Å². The molecule has 1 aromatic carbocycles. The highest BCUT2D eigenvalue weighted by atomic mass is 16.4. The van der Waals surface area contributed by atoms with E-state index in [9.17, 15) is 9.90 Å². The second-order valence-electron chi connectivity index (χ2n) is 5.54. The summed E-state index contributed by atoms with van der Waals surface area (Å²) in [5.41, 5.74) is 1.70.